The summed E-state index contributed by atoms with van der Waals surface area (Å²) in [7, 11) is 1.87. The maximum absolute atomic E-state index is 6.20. The molecule has 0 bridgehead atoms. The molecule has 0 aliphatic carbocycles. The van der Waals surface area contributed by atoms with Crippen molar-refractivity contribution in [2.24, 2.45) is 7.05 Å². The monoisotopic (exact) mass is 365 g/mol. The first-order valence-corrected chi connectivity index (χ1v) is 8.59. The van der Waals surface area contributed by atoms with Crippen LogP contribution in [0.2, 0.25) is 5.02 Å². The quantitative estimate of drug-likeness (QED) is 0.808. The van der Waals surface area contributed by atoms with Gasteiger partial charge in [0.25, 0.3) is 0 Å². The fraction of sp³-hybridized carbons (Fsp3) is 0.471. The average molecular weight is 366 g/mol. The van der Waals surface area contributed by atoms with E-state index in [1.165, 1.54) is 0 Å². The van der Waals surface area contributed by atoms with Crippen LogP contribution in [0, 0.1) is 0 Å². The van der Waals surface area contributed by atoms with Gasteiger partial charge in [-0.2, -0.15) is 5.10 Å². The number of nitrogens with zero attached hydrogens (tertiary/aromatic N) is 3. The lowest BCUT2D eigenvalue weighted by molar-refractivity contribution is -0.0507. The van der Waals surface area contributed by atoms with E-state index in [0.717, 1.165) is 30.3 Å². The normalized spacial score (nSPS) is 20.0. The summed E-state index contributed by atoms with van der Waals surface area (Å²) in [6.45, 7) is 3.75. The summed E-state index contributed by atoms with van der Waals surface area (Å²) in [5.41, 5.74) is 0.890. The molecular formula is C17H20ClN3O4. The van der Waals surface area contributed by atoms with Crippen molar-refractivity contribution in [3.05, 3.63) is 35.1 Å². The van der Waals surface area contributed by atoms with Gasteiger partial charge >= 0.3 is 0 Å². The predicted molar refractivity (Wildman–Crippen MR) is 91.3 cm³/mol. The van der Waals surface area contributed by atoms with Crippen molar-refractivity contribution in [2.45, 2.75) is 12.6 Å². The van der Waals surface area contributed by atoms with E-state index in [9.17, 15) is 0 Å². The topological polar surface area (TPSA) is 58.0 Å². The van der Waals surface area contributed by atoms with Crippen LogP contribution in [0.3, 0.4) is 0 Å². The Balaban J connectivity index is 1.31. The second kappa shape index (κ2) is 7.11. The van der Waals surface area contributed by atoms with Crippen molar-refractivity contribution in [3.63, 3.8) is 0 Å². The molecule has 25 heavy (non-hydrogen) atoms. The minimum Gasteiger partial charge on any atom is -0.491 e. The number of fused-ring (bicyclic) bond motifs is 1. The molecule has 2 aromatic rings. The molecule has 8 heteroatoms. The Morgan fingerprint density at radius 3 is 3.04 bits per heavy atom. The third-order valence-corrected chi connectivity index (χ3v) is 4.55. The molecule has 4 rings (SSSR count). The highest BCUT2D eigenvalue weighted by atomic mass is 35.5. The molecule has 3 heterocycles. The minimum absolute atomic E-state index is 0.00154. The molecule has 1 aromatic carbocycles. The van der Waals surface area contributed by atoms with E-state index in [2.05, 4.69) is 10.00 Å². The Morgan fingerprint density at radius 2 is 2.20 bits per heavy atom. The molecular weight excluding hydrogens is 346 g/mol. The summed E-state index contributed by atoms with van der Waals surface area (Å²) in [5, 5.41) is 5.10. The number of benzene rings is 1. The van der Waals surface area contributed by atoms with Crippen molar-refractivity contribution in [1.29, 1.82) is 0 Å². The van der Waals surface area contributed by atoms with E-state index in [1.807, 2.05) is 31.4 Å². The first-order chi connectivity index (χ1) is 12.2. The summed E-state index contributed by atoms with van der Waals surface area (Å²) in [4.78, 5) is 2.28. The predicted octanol–water partition coefficient (Wildman–Crippen LogP) is 2.08. The van der Waals surface area contributed by atoms with Crippen LogP contribution < -0.4 is 14.2 Å². The van der Waals surface area contributed by atoms with Crippen molar-refractivity contribution >= 4 is 11.6 Å². The third-order valence-electron chi connectivity index (χ3n) is 4.23. The van der Waals surface area contributed by atoms with E-state index in [-0.39, 0.29) is 12.9 Å². The van der Waals surface area contributed by atoms with Crippen LogP contribution in [0.4, 0.5) is 0 Å². The van der Waals surface area contributed by atoms with Crippen LogP contribution >= 0.6 is 11.6 Å². The maximum Gasteiger partial charge on any atom is 0.231 e. The van der Waals surface area contributed by atoms with E-state index < -0.39 is 0 Å². The molecule has 2 aliphatic heterocycles. The minimum atomic E-state index is 0.00154. The number of ether oxygens (including phenoxy) is 4. The Hall–Kier alpha value is -1.96. The molecule has 2 aliphatic rings. The number of halogens is 1. The van der Waals surface area contributed by atoms with Gasteiger partial charge < -0.3 is 18.9 Å². The number of hydrogen-bond donors (Lipinski definition) is 0. The van der Waals surface area contributed by atoms with E-state index in [1.54, 1.807) is 4.68 Å². The zero-order valence-electron chi connectivity index (χ0n) is 14.0. The van der Waals surface area contributed by atoms with Gasteiger partial charge in [-0.05, 0) is 12.1 Å². The van der Waals surface area contributed by atoms with Gasteiger partial charge in [0, 0.05) is 38.9 Å². The largest absolute Gasteiger partial charge is 0.491 e. The summed E-state index contributed by atoms with van der Waals surface area (Å²) in [6.07, 6.45) is 1.82. The second-order valence-corrected chi connectivity index (χ2v) is 6.56. The Labute approximate surface area is 151 Å². The van der Waals surface area contributed by atoms with Crippen molar-refractivity contribution < 1.29 is 18.9 Å². The molecule has 0 radical (unpaired) electrons. The Kier molecular flexibility index (Phi) is 4.70. The van der Waals surface area contributed by atoms with Crippen LogP contribution in [0.1, 0.15) is 5.69 Å². The van der Waals surface area contributed by atoms with Gasteiger partial charge in [-0.25, -0.2) is 0 Å². The SMILES string of the molecule is Cn1cc(Cl)c(CN2CCOC(COc3ccc4c(c3)OCO4)C2)n1. The summed E-state index contributed by atoms with van der Waals surface area (Å²) < 4.78 is 24.1. The van der Waals surface area contributed by atoms with Gasteiger partial charge in [0.2, 0.25) is 6.79 Å². The molecule has 1 atom stereocenters. The highest BCUT2D eigenvalue weighted by molar-refractivity contribution is 6.31. The van der Waals surface area contributed by atoms with Gasteiger partial charge in [-0.3, -0.25) is 9.58 Å². The van der Waals surface area contributed by atoms with Crippen LogP contribution in [-0.2, 0) is 18.3 Å². The smallest absolute Gasteiger partial charge is 0.231 e. The molecule has 1 fully saturated rings. The van der Waals surface area contributed by atoms with Crippen LogP contribution in [0.15, 0.2) is 24.4 Å². The first kappa shape index (κ1) is 16.5. The van der Waals surface area contributed by atoms with Gasteiger partial charge in [0.1, 0.15) is 18.5 Å². The van der Waals surface area contributed by atoms with Gasteiger partial charge in [0.15, 0.2) is 11.5 Å². The van der Waals surface area contributed by atoms with Crippen molar-refractivity contribution in [1.82, 2.24) is 14.7 Å². The van der Waals surface area contributed by atoms with Crippen LogP contribution in [-0.4, -0.2) is 53.9 Å². The van der Waals surface area contributed by atoms with Gasteiger partial charge in [-0.15, -0.1) is 0 Å². The molecule has 1 aromatic heterocycles. The second-order valence-electron chi connectivity index (χ2n) is 6.15. The zero-order chi connectivity index (χ0) is 17.2. The fourth-order valence-corrected chi connectivity index (χ4v) is 3.24. The summed E-state index contributed by atoms with van der Waals surface area (Å²) >= 11 is 6.20. The number of aromatic nitrogens is 2. The van der Waals surface area contributed by atoms with Gasteiger partial charge in [-0.1, -0.05) is 11.6 Å². The fourth-order valence-electron chi connectivity index (χ4n) is 3.01. The lowest BCUT2D eigenvalue weighted by atomic mass is 10.2. The zero-order valence-corrected chi connectivity index (χ0v) is 14.7. The number of rotatable bonds is 5. The molecule has 1 unspecified atom stereocenters. The molecule has 134 valence electrons. The lowest BCUT2D eigenvalue weighted by Gasteiger charge is -2.32. The maximum atomic E-state index is 6.20. The average Bonchev–Trinajstić information content (AvgIpc) is 3.19. The molecule has 7 nitrogen and oxygen atoms in total. The van der Waals surface area contributed by atoms with E-state index in [0.29, 0.717) is 30.5 Å². The number of aryl methyl sites for hydroxylation is 1. The molecule has 1 saturated heterocycles. The Morgan fingerprint density at radius 1 is 1.32 bits per heavy atom. The standard InChI is InChI=1S/C17H20ClN3O4/c1-20-8-14(18)15(19-20)9-21-4-5-22-13(7-21)10-23-12-2-3-16-17(6-12)25-11-24-16/h2-3,6,8,13H,4-5,7,9-11H2,1H3. The summed E-state index contributed by atoms with van der Waals surface area (Å²) in [5.74, 6) is 2.21. The van der Waals surface area contributed by atoms with Crippen molar-refractivity contribution in [2.75, 3.05) is 33.1 Å². The molecule has 0 amide bonds. The third kappa shape index (κ3) is 3.84. The van der Waals surface area contributed by atoms with E-state index >= 15 is 0 Å². The van der Waals surface area contributed by atoms with E-state index in [4.69, 9.17) is 30.5 Å². The molecule has 0 spiro atoms. The number of hydrogen-bond acceptors (Lipinski definition) is 6. The first-order valence-electron chi connectivity index (χ1n) is 8.22. The Bertz CT molecular complexity index is 751. The van der Waals surface area contributed by atoms with Gasteiger partial charge in [0.05, 0.1) is 17.3 Å². The molecule has 0 saturated carbocycles. The molecule has 0 N–H and O–H groups in total. The lowest BCUT2D eigenvalue weighted by Crippen LogP contribution is -2.44. The van der Waals surface area contributed by atoms with Crippen LogP contribution in [0.5, 0.6) is 17.2 Å². The van der Waals surface area contributed by atoms with Crippen LogP contribution in [0.25, 0.3) is 0 Å². The number of morpholine rings is 1. The summed E-state index contributed by atoms with van der Waals surface area (Å²) in [6, 6.07) is 5.58. The highest BCUT2D eigenvalue weighted by Crippen LogP contribution is 2.35. The van der Waals surface area contributed by atoms with Crippen molar-refractivity contribution in [3.8, 4) is 17.2 Å². The highest BCUT2D eigenvalue weighted by Gasteiger charge is 2.23.